The lowest BCUT2D eigenvalue weighted by molar-refractivity contribution is -0.135. The molecule has 3 heterocycles. The van der Waals surface area contributed by atoms with Crippen molar-refractivity contribution in [3.63, 3.8) is 0 Å². The topological polar surface area (TPSA) is 84.0 Å². The Labute approximate surface area is 213 Å². The largest absolute Gasteiger partial charge is 0.489 e. The first kappa shape index (κ1) is 25.9. The molecule has 36 heavy (non-hydrogen) atoms. The van der Waals surface area contributed by atoms with E-state index < -0.39 is 0 Å². The Morgan fingerprint density at radius 1 is 1.19 bits per heavy atom. The molecule has 192 valence electrons. The van der Waals surface area contributed by atoms with Crippen molar-refractivity contribution in [3.05, 3.63) is 72.1 Å². The molecule has 0 spiro atoms. The van der Waals surface area contributed by atoms with Gasteiger partial charge in [0.2, 0.25) is 11.8 Å². The Morgan fingerprint density at radius 2 is 2.03 bits per heavy atom. The number of carbonyl (C=O) groups excluding carboxylic acids is 2. The number of nitrogens with one attached hydrogen (secondary N) is 1. The van der Waals surface area contributed by atoms with Crippen molar-refractivity contribution in [1.82, 2.24) is 20.1 Å². The highest BCUT2D eigenvalue weighted by molar-refractivity contribution is 5.79. The Morgan fingerprint density at radius 3 is 2.86 bits per heavy atom. The fraction of sp³-hybridized carbons (Fsp3) is 0.464. The number of amides is 2. The van der Waals surface area contributed by atoms with Crippen molar-refractivity contribution in [2.45, 2.75) is 25.9 Å². The quantitative estimate of drug-likeness (QED) is 0.473. The highest BCUT2D eigenvalue weighted by Gasteiger charge is 2.32. The van der Waals surface area contributed by atoms with E-state index in [0.29, 0.717) is 58.9 Å². The summed E-state index contributed by atoms with van der Waals surface area (Å²) in [6, 6.07) is 12.0. The van der Waals surface area contributed by atoms with Crippen molar-refractivity contribution in [2.24, 2.45) is 11.8 Å². The molecule has 2 bridgehead atoms. The van der Waals surface area contributed by atoms with Gasteiger partial charge in [0.25, 0.3) is 0 Å². The number of carbonyl (C=O) groups is 2. The van der Waals surface area contributed by atoms with Crippen LogP contribution in [-0.4, -0.2) is 73.1 Å². The van der Waals surface area contributed by atoms with E-state index in [-0.39, 0.29) is 23.7 Å². The number of ether oxygens (including phenoxy) is 2. The van der Waals surface area contributed by atoms with Crippen LogP contribution in [0.2, 0.25) is 0 Å². The van der Waals surface area contributed by atoms with E-state index in [4.69, 9.17) is 9.47 Å². The molecule has 2 aliphatic rings. The zero-order chi connectivity index (χ0) is 25.2. The zero-order valence-corrected chi connectivity index (χ0v) is 21.0. The van der Waals surface area contributed by atoms with E-state index in [1.807, 2.05) is 41.3 Å². The molecule has 2 aliphatic heterocycles. The summed E-state index contributed by atoms with van der Waals surface area (Å²) in [6.07, 6.45) is 8.95. The van der Waals surface area contributed by atoms with Crippen LogP contribution in [-0.2, 0) is 27.4 Å². The first-order chi connectivity index (χ1) is 17.6. The summed E-state index contributed by atoms with van der Waals surface area (Å²) in [5.41, 5.74) is 2.16. The third-order valence-corrected chi connectivity index (χ3v) is 6.83. The second kappa shape index (κ2) is 13.2. The zero-order valence-electron chi connectivity index (χ0n) is 21.0. The molecule has 4 rings (SSSR count). The minimum atomic E-state index is 0.0295. The monoisotopic (exact) mass is 492 g/mol. The fourth-order valence-electron chi connectivity index (χ4n) is 4.92. The number of fused-ring (bicyclic) bond motifs is 3. The van der Waals surface area contributed by atoms with Gasteiger partial charge in [-0.25, -0.2) is 0 Å². The standard InChI is InChI=1S/C28H36N4O4/c1-35-16-13-30-27(33)17-23-10-14-32-20-24(23)6-4-15-36-26-7-3-2-5-25(26)19-31(21-28(32)34)18-22-8-11-29-12-9-22/h2-9,11-12,23-24H,10,13-21H2,1H3,(H,30,33)/b6-4-/t23-,24-/m0/s1. The number of para-hydroxylation sites is 1. The van der Waals surface area contributed by atoms with Gasteiger partial charge in [0.1, 0.15) is 12.4 Å². The molecule has 0 saturated carbocycles. The first-order valence-electron chi connectivity index (χ1n) is 12.6. The summed E-state index contributed by atoms with van der Waals surface area (Å²) in [4.78, 5) is 34.2. The van der Waals surface area contributed by atoms with E-state index in [9.17, 15) is 9.59 Å². The van der Waals surface area contributed by atoms with Gasteiger partial charge in [-0.2, -0.15) is 0 Å². The predicted octanol–water partition coefficient (Wildman–Crippen LogP) is 2.65. The smallest absolute Gasteiger partial charge is 0.236 e. The molecule has 0 radical (unpaired) electrons. The van der Waals surface area contributed by atoms with Crippen LogP contribution in [0.3, 0.4) is 0 Å². The number of nitrogens with zero attached hydrogens (tertiary/aromatic N) is 3. The van der Waals surface area contributed by atoms with Crippen molar-refractivity contribution in [1.29, 1.82) is 0 Å². The lowest BCUT2D eigenvalue weighted by Crippen LogP contribution is -2.47. The lowest BCUT2D eigenvalue weighted by atomic mass is 9.82. The summed E-state index contributed by atoms with van der Waals surface area (Å²) in [5, 5.41) is 2.93. The van der Waals surface area contributed by atoms with Crippen LogP contribution in [0.25, 0.3) is 0 Å². The van der Waals surface area contributed by atoms with Crippen molar-refractivity contribution in [3.8, 4) is 5.75 Å². The molecule has 0 aliphatic carbocycles. The molecule has 1 aromatic carbocycles. The number of rotatable bonds is 7. The van der Waals surface area contributed by atoms with Gasteiger partial charge >= 0.3 is 0 Å². The molecule has 1 N–H and O–H groups in total. The maximum Gasteiger partial charge on any atom is 0.236 e. The van der Waals surface area contributed by atoms with Gasteiger partial charge in [-0.15, -0.1) is 0 Å². The summed E-state index contributed by atoms with van der Waals surface area (Å²) < 4.78 is 11.2. The lowest BCUT2D eigenvalue weighted by Gasteiger charge is -2.38. The van der Waals surface area contributed by atoms with Crippen LogP contribution in [0.1, 0.15) is 24.0 Å². The molecule has 8 heteroatoms. The Bertz CT molecular complexity index is 1030. The Balaban J connectivity index is 1.52. The van der Waals surface area contributed by atoms with Crippen LogP contribution in [0.5, 0.6) is 5.75 Å². The van der Waals surface area contributed by atoms with Crippen LogP contribution in [0.4, 0.5) is 0 Å². The Kier molecular flexibility index (Phi) is 9.47. The van der Waals surface area contributed by atoms with Crippen LogP contribution in [0.15, 0.2) is 60.9 Å². The predicted molar refractivity (Wildman–Crippen MR) is 137 cm³/mol. The highest BCUT2D eigenvalue weighted by atomic mass is 16.5. The van der Waals surface area contributed by atoms with Gasteiger partial charge in [0.05, 0.1) is 13.2 Å². The number of pyridine rings is 1. The number of piperidine rings is 1. The number of benzene rings is 1. The Hall–Kier alpha value is -3.23. The normalized spacial score (nSPS) is 21.8. The third-order valence-electron chi connectivity index (χ3n) is 6.83. The van der Waals surface area contributed by atoms with E-state index in [1.54, 1.807) is 19.5 Å². The van der Waals surface area contributed by atoms with Gasteiger partial charge in [0.15, 0.2) is 0 Å². The summed E-state index contributed by atoms with van der Waals surface area (Å²) >= 11 is 0. The summed E-state index contributed by atoms with van der Waals surface area (Å²) in [6.45, 7) is 4.28. The first-order valence-corrected chi connectivity index (χ1v) is 12.6. The van der Waals surface area contributed by atoms with Crippen LogP contribution < -0.4 is 10.1 Å². The van der Waals surface area contributed by atoms with E-state index in [1.165, 1.54) is 0 Å². The second-order valence-electron chi connectivity index (χ2n) is 9.45. The third kappa shape index (κ3) is 7.38. The molecule has 1 saturated heterocycles. The average molecular weight is 493 g/mol. The van der Waals surface area contributed by atoms with Crippen LogP contribution >= 0.6 is 0 Å². The molecule has 8 nitrogen and oxygen atoms in total. The van der Waals surface area contributed by atoms with E-state index in [2.05, 4.69) is 27.3 Å². The number of aromatic nitrogens is 1. The minimum absolute atomic E-state index is 0.0295. The maximum atomic E-state index is 13.5. The van der Waals surface area contributed by atoms with Gasteiger partial charge < -0.3 is 19.7 Å². The van der Waals surface area contributed by atoms with E-state index in [0.717, 1.165) is 23.3 Å². The molecule has 1 aromatic heterocycles. The molecule has 2 atom stereocenters. The molecular formula is C28H36N4O4. The SMILES string of the molecule is COCCNC(=O)C[C@@H]1CCN2C[C@@H]1/C=C\COc1ccccc1CN(Cc1ccncc1)CC2=O. The molecular weight excluding hydrogens is 456 g/mol. The van der Waals surface area contributed by atoms with Gasteiger partial charge in [-0.1, -0.05) is 30.4 Å². The maximum absolute atomic E-state index is 13.5. The van der Waals surface area contributed by atoms with Gasteiger partial charge in [0, 0.05) is 64.2 Å². The summed E-state index contributed by atoms with van der Waals surface area (Å²) in [7, 11) is 1.62. The van der Waals surface area contributed by atoms with E-state index >= 15 is 0 Å². The minimum Gasteiger partial charge on any atom is -0.489 e. The molecule has 2 amide bonds. The second-order valence-corrected chi connectivity index (χ2v) is 9.45. The number of hydrogen-bond acceptors (Lipinski definition) is 6. The number of methoxy groups -OCH3 is 1. The molecule has 1 fully saturated rings. The molecule has 0 unspecified atom stereocenters. The fourth-order valence-corrected chi connectivity index (χ4v) is 4.92. The van der Waals surface area contributed by atoms with Crippen molar-refractivity contribution < 1.29 is 19.1 Å². The highest BCUT2D eigenvalue weighted by Crippen LogP contribution is 2.29. The molecule has 2 aromatic rings. The van der Waals surface area contributed by atoms with Crippen LogP contribution in [0, 0.1) is 11.8 Å². The number of hydrogen-bond donors (Lipinski definition) is 1. The van der Waals surface area contributed by atoms with Crippen molar-refractivity contribution >= 4 is 11.8 Å². The summed E-state index contributed by atoms with van der Waals surface area (Å²) in [5.74, 6) is 1.25. The van der Waals surface area contributed by atoms with Gasteiger partial charge in [-0.05, 0) is 42.0 Å². The van der Waals surface area contributed by atoms with Gasteiger partial charge in [-0.3, -0.25) is 19.5 Å². The average Bonchev–Trinajstić information content (AvgIpc) is 2.89. The van der Waals surface area contributed by atoms with Crippen molar-refractivity contribution in [2.75, 3.05) is 46.5 Å².